The zero-order valence-corrected chi connectivity index (χ0v) is 12.5. The lowest BCUT2D eigenvalue weighted by Gasteiger charge is -2.11. The van der Waals surface area contributed by atoms with Gasteiger partial charge in [-0.25, -0.2) is 4.98 Å². The SMILES string of the molecule is Cc1ccccc1-c1ccc2c(NCCN)nc(N)nc2c1. The molecule has 0 bridgehead atoms. The number of rotatable bonds is 4. The van der Waals surface area contributed by atoms with E-state index in [4.69, 9.17) is 11.5 Å². The second kappa shape index (κ2) is 5.99. The summed E-state index contributed by atoms with van der Waals surface area (Å²) in [6.45, 7) is 3.28. The summed E-state index contributed by atoms with van der Waals surface area (Å²) in [5.74, 6) is 0.984. The van der Waals surface area contributed by atoms with Gasteiger partial charge in [-0.2, -0.15) is 4.98 Å². The summed E-state index contributed by atoms with van der Waals surface area (Å²) < 4.78 is 0. The van der Waals surface area contributed by atoms with Gasteiger partial charge in [-0.3, -0.25) is 0 Å². The van der Waals surface area contributed by atoms with Crippen molar-refractivity contribution in [2.75, 3.05) is 24.1 Å². The Balaban J connectivity index is 2.12. The van der Waals surface area contributed by atoms with Crippen molar-refractivity contribution in [2.45, 2.75) is 6.92 Å². The Morgan fingerprint density at radius 3 is 2.68 bits per heavy atom. The van der Waals surface area contributed by atoms with E-state index in [-0.39, 0.29) is 5.95 Å². The van der Waals surface area contributed by atoms with Crippen LogP contribution in [0.3, 0.4) is 0 Å². The molecule has 0 spiro atoms. The maximum absolute atomic E-state index is 5.82. The fraction of sp³-hybridized carbons (Fsp3) is 0.176. The monoisotopic (exact) mass is 293 g/mol. The van der Waals surface area contributed by atoms with E-state index in [9.17, 15) is 0 Å². The number of nitrogens with one attached hydrogen (secondary N) is 1. The van der Waals surface area contributed by atoms with E-state index in [1.54, 1.807) is 0 Å². The van der Waals surface area contributed by atoms with Gasteiger partial charge in [-0.15, -0.1) is 0 Å². The van der Waals surface area contributed by atoms with Crippen molar-refractivity contribution in [3.63, 3.8) is 0 Å². The van der Waals surface area contributed by atoms with Crippen LogP contribution in [-0.4, -0.2) is 23.1 Å². The van der Waals surface area contributed by atoms with Crippen LogP contribution in [0.5, 0.6) is 0 Å². The van der Waals surface area contributed by atoms with Gasteiger partial charge in [0.15, 0.2) is 0 Å². The average Bonchev–Trinajstić information content (AvgIpc) is 2.52. The normalized spacial score (nSPS) is 10.8. The highest BCUT2D eigenvalue weighted by Crippen LogP contribution is 2.29. The molecule has 0 radical (unpaired) electrons. The zero-order chi connectivity index (χ0) is 15.5. The summed E-state index contributed by atoms with van der Waals surface area (Å²) in [4.78, 5) is 8.61. The smallest absolute Gasteiger partial charge is 0.222 e. The molecule has 112 valence electrons. The van der Waals surface area contributed by atoms with E-state index >= 15 is 0 Å². The first-order valence-corrected chi connectivity index (χ1v) is 7.26. The van der Waals surface area contributed by atoms with E-state index in [0.29, 0.717) is 13.1 Å². The zero-order valence-electron chi connectivity index (χ0n) is 12.5. The van der Waals surface area contributed by atoms with Crippen molar-refractivity contribution in [2.24, 2.45) is 5.73 Å². The molecular formula is C17H19N5. The molecule has 0 unspecified atom stereocenters. The lowest BCUT2D eigenvalue weighted by Crippen LogP contribution is -2.14. The molecule has 3 aromatic rings. The molecule has 0 aliphatic heterocycles. The summed E-state index contributed by atoms with van der Waals surface area (Å²) in [6.07, 6.45) is 0. The third-order valence-corrected chi connectivity index (χ3v) is 3.61. The molecule has 1 aromatic heterocycles. The Hall–Kier alpha value is -2.66. The summed E-state index contributed by atoms with van der Waals surface area (Å²) in [5.41, 5.74) is 15.7. The standard InChI is InChI=1S/C17H19N5/c1-11-4-2-3-5-13(11)12-6-7-14-15(10-12)21-17(19)22-16(14)20-9-8-18/h2-7,10H,8-9,18H2,1H3,(H3,19,20,21,22). The molecule has 0 saturated heterocycles. The van der Waals surface area contributed by atoms with Crippen LogP contribution in [0.2, 0.25) is 0 Å². The van der Waals surface area contributed by atoms with Gasteiger partial charge in [0, 0.05) is 18.5 Å². The fourth-order valence-corrected chi connectivity index (χ4v) is 2.54. The molecule has 0 fully saturated rings. The summed E-state index contributed by atoms with van der Waals surface area (Å²) in [6, 6.07) is 14.4. The highest BCUT2D eigenvalue weighted by molar-refractivity contribution is 5.93. The molecule has 0 atom stereocenters. The third-order valence-electron chi connectivity index (χ3n) is 3.61. The Morgan fingerprint density at radius 1 is 1.09 bits per heavy atom. The molecule has 0 saturated carbocycles. The third kappa shape index (κ3) is 2.71. The van der Waals surface area contributed by atoms with Crippen LogP contribution in [-0.2, 0) is 0 Å². The molecule has 5 nitrogen and oxygen atoms in total. The van der Waals surface area contributed by atoms with Crippen molar-refractivity contribution in [1.29, 1.82) is 0 Å². The number of nitrogens with zero attached hydrogens (tertiary/aromatic N) is 2. The van der Waals surface area contributed by atoms with Crippen LogP contribution in [0.1, 0.15) is 5.56 Å². The van der Waals surface area contributed by atoms with E-state index in [2.05, 4.69) is 40.4 Å². The number of hydrogen-bond acceptors (Lipinski definition) is 5. The van der Waals surface area contributed by atoms with Crippen LogP contribution in [0.15, 0.2) is 42.5 Å². The Labute approximate surface area is 129 Å². The number of anilines is 2. The fourth-order valence-electron chi connectivity index (χ4n) is 2.54. The van der Waals surface area contributed by atoms with Gasteiger partial charge < -0.3 is 16.8 Å². The Morgan fingerprint density at radius 2 is 1.91 bits per heavy atom. The highest BCUT2D eigenvalue weighted by Gasteiger charge is 2.08. The number of nitrogens with two attached hydrogens (primary N) is 2. The van der Waals surface area contributed by atoms with Gasteiger partial charge in [0.1, 0.15) is 5.82 Å². The predicted octanol–water partition coefficient (Wildman–Crippen LogP) is 2.56. The Bertz CT molecular complexity index is 813. The summed E-state index contributed by atoms with van der Waals surface area (Å²) in [5, 5.41) is 4.14. The highest BCUT2D eigenvalue weighted by atomic mass is 15.1. The van der Waals surface area contributed by atoms with Gasteiger partial charge in [-0.1, -0.05) is 30.3 Å². The maximum atomic E-state index is 5.82. The van der Waals surface area contributed by atoms with E-state index in [1.165, 1.54) is 11.1 Å². The van der Waals surface area contributed by atoms with Crippen molar-refractivity contribution in [3.05, 3.63) is 48.0 Å². The van der Waals surface area contributed by atoms with Crippen LogP contribution in [0.25, 0.3) is 22.0 Å². The molecule has 1 heterocycles. The van der Waals surface area contributed by atoms with Crippen molar-refractivity contribution >= 4 is 22.7 Å². The Kier molecular flexibility index (Phi) is 3.89. The largest absolute Gasteiger partial charge is 0.368 e. The first-order valence-electron chi connectivity index (χ1n) is 7.26. The van der Waals surface area contributed by atoms with E-state index in [1.807, 2.05) is 24.3 Å². The molecule has 0 aliphatic rings. The summed E-state index contributed by atoms with van der Waals surface area (Å²) in [7, 11) is 0. The summed E-state index contributed by atoms with van der Waals surface area (Å²) >= 11 is 0. The maximum Gasteiger partial charge on any atom is 0.222 e. The van der Waals surface area contributed by atoms with Gasteiger partial charge in [0.2, 0.25) is 5.95 Å². The predicted molar refractivity (Wildman–Crippen MR) is 91.7 cm³/mol. The lowest BCUT2D eigenvalue weighted by atomic mass is 9.99. The number of aryl methyl sites for hydroxylation is 1. The molecule has 5 N–H and O–H groups in total. The second-order valence-electron chi connectivity index (χ2n) is 5.19. The van der Waals surface area contributed by atoms with E-state index < -0.39 is 0 Å². The van der Waals surface area contributed by atoms with Gasteiger partial charge in [0.05, 0.1) is 5.52 Å². The minimum absolute atomic E-state index is 0.258. The molecule has 3 rings (SSSR count). The average molecular weight is 293 g/mol. The second-order valence-corrected chi connectivity index (χ2v) is 5.19. The van der Waals surface area contributed by atoms with Gasteiger partial charge in [-0.05, 0) is 35.7 Å². The van der Waals surface area contributed by atoms with E-state index in [0.717, 1.165) is 22.3 Å². The van der Waals surface area contributed by atoms with Crippen LogP contribution < -0.4 is 16.8 Å². The minimum atomic E-state index is 0.258. The quantitative estimate of drug-likeness (QED) is 0.688. The topological polar surface area (TPSA) is 89.8 Å². The molecule has 2 aromatic carbocycles. The van der Waals surface area contributed by atoms with Crippen LogP contribution >= 0.6 is 0 Å². The first kappa shape index (κ1) is 14.3. The first-order chi connectivity index (χ1) is 10.7. The molecule has 5 heteroatoms. The minimum Gasteiger partial charge on any atom is -0.368 e. The lowest BCUT2D eigenvalue weighted by molar-refractivity contribution is 1.01. The number of hydrogen-bond donors (Lipinski definition) is 3. The van der Waals surface area contributed by atoms with Gasteiger partial charge in [0.25, 0.3) is 0 Å². The molecule has 0 amide bonds. The van der Waals surface area contributed by atoms with Crippen molar-refractivity contribution < 1.29 is 0 Å². The number of nitrogen functional groups attached to an aromatic ring is 1. The van der Waals surface area contributed by atoms with Gasteiger partial charge >= 0.3 is 0 Å². The van der Waals surface area contributed by atoms with Crippen molar-refractivity contribution in [1.82, 2.24) is 9.97 Å². The van der Waals surface area contributed by atoms with Crippen LogP contribution in [0, 0.1) is 6.92 Å². The molecule has 22 heavy (non-hydrogen) atoms. The molecular weight excluding hydrogens is 274 g/mol. The molecule has 0 aliphatic carbocycles. The van der Waals surface area contributed by atoms with Crippen LogP contribution in [0.4, 0.5) is 11.8 Å². The van der Waals surface area contributed by atoms with Crippen molar-refractivity contribution in [3.8, 4) is 11.1 Å². The number of benzene rings is 2. The number of aromatic nitrogens is 2. The number of fused-ring (bicyclic) bond motifs is 1.